The summed E-state index contributed by atoms with van der Waals surface area (Å²) in [5.41, 5.74) is 0.777. The van der Waals surface area contributed by atoms with Crippen LogP contribution in [-0.2, 0) is 11.3 Å². The fourth-order valence-electron chi connectivity index (χ4n) is 2.26. The minimum Gasteiger partial charge on any atom is -0.465 e. The molecule has 144 valence electrons. The molecule has 0 aromatic carbocycles. The fourth-order valence-corrected chi connectivity index (χ4v) is 2.26. The van der Waals surface area contributed by atoms with Crippen molar-refractivity contribution >= 4 is 35.9 Å². The standard InChI is InChI=1S/C18H31N3O3.HI/c1-12(8-9-18(3,4)5)21-17(19-6)20-11-14-10-15(13(2)24-14)16(22)23-7;/h10,12H,8-9,11H2,1-7H3,(H2,19,20,21);1H. The minimum absolute atomic E-state index is 0. The van der Waals surface area contributed by atoms with Crippen molar-refractivity contribution in [1.82, 2.24) is 10.6 Å². The molecular weight excluding hydrogens is 433 g/mol. The second-order valence-electron chi connectivity index (χ2n) is 7.24. The van der Waals surface area contributed by atoms with Gasteiger partial charge in [-0.2, -0.15) is 0 Å². The third-order valence-electron chi connectivity index (χ3n) is 3.74. The van der Waals surface area contributed by atoms with Crippen molar-refractivity contribution in [1.29, 1.82) is 0 Å². The van der Waals surface area contributed by atoms with Gasteiger partial charge >= 0.3 is 5.97 Å². The molecule has 2 N–H and O–H groups in total. The number of rotatable bonds is 6. The predicted octanol–water partition coefficient (Wildman–Crippen LogP) is 3.87. The molecule has 1 aromatic heterocycles. The Hall–Kier alpha value is -1.25. The zero-order chi connectivity index (χ0) is 18.3. The Bertz CT molecular complexity index is 577. The van der Waals surface area contributed by atoms with Crippen molar-refractivity contribution in [3.8, 4) is 0 Å². The molecule has 1 heterocycles. The number of esters is 1. The van der Waals surface area contributed by atoms with E-state index in [2.05, 4.69) is 43.3 Å². The zero-order valence-corrected chi connectivity index (χ0v) is 18.7. The summed E-state index contributed by atoms with van der Waals surface area (Å²) in [6.45, 7) is 11.1. The van der Waals surface area contributed by atoms with Crippen molar-refractivity contribution in [3.05, 3.63) is 23.2 Å². The van der Waals surface area contributed by atoms with Gasteiger partial charge in [0.05, 0.1) is 13.7 Å². The number of carbonyl (C=O) groups excluding carboxylic acids is 1. The smallest absolute Gasteiger partial charge is 0.341 e. The summed E-state index contributed by atoms with van der Waals surface area (Å²) < 4.78 is 10.3. The fraction of sp³-hybridized carbons (Fsp3) is 0.667. The largest absolute Gasteiger partial charge is 0.465 e. The van der Waals surface area contributed by atoms with Crippen LogP contribution >= 0.6 is 24.0 Å². The molecule has 6 nitrogen and oxygen atoms in total. The van der Waals surface area contributed by atoms with Gasteiger partial charge in [0.1, 0.15) is 17.1 Å². The van der Waals surface area contributed by atoms with Gasteiger partial charge in [0.2, 0.25) is 0 Å². The zero-order valence-electron chi connectivity index (χ0n) is 16.4. The van der Waals surface area contributed by atoms with Gasteiger partial charge in [-0.15, -0.1) is 24.0 Å². The first-order chi connectivity index (χ1) is 11.2. The second-order valence-corrected chi connectivity index (χ2v) is 7.24. The van der Waals surface area contributed by atoms with Crippen molar-refractivity contribution in [2.24, 2.45) is 10.4 Å². The molecule has 7 heteroatoms. The van der Waals surface area contributed by atoms with E-state index in [9.17, 15) is 4.79 Å². The number of nitrogens with one attached hydrogen (secondary N) is 2. The lowest BCUT2D eigenvalue weighted by molar-refractivity contribution is 0.0599. The van der Waals surface area contributed by atoms with Crippen LogP contribution in [0.1, 0.15) is 62.4 Å². The van der Waals surface area contributed by atoms with Gasteiger partial charge < -0.3 is 19.8 Å². The second kappa shape index (κ2) is 10.7. The molecule has 25 heavy (non-hydrogen) atoms. The first kappa shape index (κ1) is 23.8. The van der Waals surface area contributed by atoms with E-state index in [4.69, 9.17) is 9.15 Å². The first-order valence-electron chi connectivity index (χ1n) is 8.31. The molecule has 0 amide bonds. The van der Waals surface area contributed by atoms with E-state index in [1.54, 1.807) is 20.0 Å². The van der Waals surface area contributed by atoms with E-state index in [0.29, 0.717) is 41.0 Å². The maximum absolute atomic E-state index is 11.6. The number of guanidine groups is 1. The topological polar surface area (TPSA) is 75.9 Å². The lowest BCUT2D eigenvalue weighted by atomic mass is 9.89. The molecule has 0 bridgehead atoms. The average Bonchev–Trinajstić information content (AvgIpc) is 2.88. The molecule has 0 saturated heterocycles. The van der Waals surface area contributed by atoms with Crippen LogP contribution in [0.15, 0.2) is 15.5 Å². The number of aryl methyl sites for hydroxylation is 1. The number of nitrogens with zero attached hydrogens (tertiary/aromatic N) is 1. The minimum atomic E-state index is -0.388. The number of hydrogen-bond donors (Lipinski definition) is 2. The average molecular weight is 465 g/mol. The van der Waals surface area contributed by atoms with Crippen molar-refractivity contribution in [2.45, 2.75) is 60.0 Å². The molecule has 0 aliphatic heterocycles. The Morgan fingerprint density at radius 1 is 1.40 bits per heavy atom. The maximum atomic E-state index is 11.6. The highest BCUT2D eigenvalue weighted by Crippen LogP contribution is 2.21. The number of hydrogen-bond acceptors (Lipinski definition) is 4. The van der Waals surface area contributed by atoms with Crippen LogP contribution in [0.2, 0.25) is 0 Å². The van der Waals surface area contributed by atoms with Crippen LogP contribution < -0.4 is 10.6 Å². The molecule has 1 unspecified atom stereocenters. The van der Waals surface area contributed by atoms with Gasteiger partial charge in [-0.1, -0.05) is 20.8 Å². The highest BCUT2D eigenvalue weighted by atomic mass is 127. The van der Waals surface area contributed by atoms with E-state index in [1.165, 1.54) is 7.11 Å². The number of furan rings is 1. The molecule has 0 radical (unpaired) electrons. The number of aliphatic imine (C=N–C) groups is 1. The van der Waals surface area contributed by atoms with Crippen LogP contribution in [0.4, 0.5) is 0 Å². The Balaban J connectivity index is 0.00000576. The van der Waals surface area contributed by atoms with Crippen LogP contribution in [0.25, 0.3) is 0 Å². The van der Waals surface area contributed by atoms with Gasteiger partial charge in [0.25, 0.3) is 0 Å². The highest BCUT2D eigenvalue weighted by Gasteiger charge is 2.16. The normalized spacial score (nSPS) is 13.0. The molecule has 0 aliphatic rings. The van der Waals surface area contributed by atoms with E-state index in [1.807, 2.05) is 0 Å². The van der Waals surface area contributed by atoms with E-state index in [-0.39, 0.29) is 29.9 Å². The summed E-state index contributed by atoms with van der Waals surface area (Å²) in [6.07, 6.45) is 2.20. The summed E-state index contributed by atoms with van der Waals surface area (Å²) in [6, 6.07) is 2.02. The summed E-state index contributed by atoms with van der Waals surface area (Å²) in [7, 11) is 3.09. The summed E-state index contributed by atoms with van der Waals surface area (Å²) >= 11 is 0. The molecule has 0 saturated carbocycles. The summed E-state index contributed by atoms with van der Waals surface area (Å²) in [4.78, 5) is 15.8. The third kappa shape index (κ3) is 8.60. The van der Waals surface area contributed by atoms with Gasteiger partial charge in [0, 0.05) is 13.1 Å². The molecule has 0 fully saturated rings. The van der Waals surface area contributed by atoms with Crippen LogP contribution in [-0.4, -0.2) is 32.1 Å². The molecule has 1 atom stereocenters. The van der Waals surface area contributed by atoms with Crippen LogP contribution in [0.3, 0.4) is 0 Å². The van der Waals surface area contributed by atoms with Gasteiger partial charge in [0.15, 0.2) is 5.96 Å². The number of carbonyl (C=O) groups is 1. The quantitative estimate of drug-likeness (QED) is 0.289. The Kier molecular flexibility index (Phi) is 10.1. The number of ether oxygens (including phenoxy) is 1. The van der Waals surface area contributed by atoms with Crippen LogP contribution in [0, 0.1) is 12.3 Å². The third-order valence-corrected chi connectivity index (χ3v) is 3.74. The predicted molar refractivity (Wildman–Crippen MR) is 112 cm³/mol. The SMILES string of the molecule is CN=C(NCc1cc(C(=O)OC)c(C)o1)NC(C)CCC(C)(C)C.I. The Morgan fingerprint density at radius 2 is 2.04 bits per heavy atom. The lowest BCUT2D eigenvalue weighted by Crippen LogP contribution is -2.42. The van der Waals surface area contributed by atoms with E-state index >= 15 is 0 Å². The number of methoxy groups -OCH3 is 1. The monoisotopic (exact) mass is 465 g/mol. The maximum Gasteiger partial charge on any atom is 0.341 e. The molecule has 0 aliphatic carbocycles. The van der Waals surface area contributed by atoms with E-state index < -0.39 is 0 Å². The molecule has 0 spiro atoms. The van der Waals surface area contributed by atoms with Gasteiger partial charge in [-0.25, -0.2) is 4.79 Å². The highest BCUT2D eigenvalue weighted by molar-refractivity contribution is 14.0. The van der Waals surface area contributed by atoms with Crippen molar-refractivity contribution in [3.63, 3.8) is 0 Å². The first-order valence-corrected chi connectivity index (χ1v) is 8.31. The molecular formula is C18H32IN3O3. The molecule has 1 rings (SSSR count). The van der Waals surface area contributed by atoms with Crippen molar-refractivity contribution in [2.75, 3.05) is 14.2 Å². The Morgan fingerprint density at radius 3 is 2.56 bits per heavy atom. The Labute approximate surface area is 168 Å². The van der Waals surface area contributed by atoms with Gasteiger partial charge in [-0.05, 0) is 38.2 Å². The lowest BCUT2D eigenvalue weighted by Gasteiger charge is -2.22. The van der Waals surface area contributed by atoms with Crippen LogP contribution in [0.5, 0.6) is 0 Å². The summed E-state index contributed by atoms with van der Waals surface area (Å²) in [5, 5.41) is 6.57. The molecule has 1 aromatic rings. The number of halogens is 1. The summed E-state index contributed by atoms with van der Waals surface area (Å²) in [5.74, 6) is 1.55. The van der Waals surface area contributed by atoms with Gasteiger partial charge in [-0.3, -0.25) is 4.99 Å². The van der Waals surface area contributed by atoms with E-state index in [0.717, 1.165) is 12.8 Å². The van der Waals surface area contributed by atoms with Crippen molar-refractivity contribution < 1.29 is 13.9 Å².